The van der Waals surface area contributed by atoms with Gasteiger partial charge in [-0.1, -0.05) is 19.1 Å². The second-order valence-electron chi connectivity index (χ2n) is 19.5. The van der Waals surface area contributed by atoms with Crippen LogP contribution < -0.4 is 0 Å². The van der Waals surface area contributed by atoms with Crippen LogP contribution in [0.5, 0.6) is 0 Å². The predicted octanol–water partition coefficient (Wildman–Crippen LogP) is 4.98. The third kappa shape index (κ3) is 9.34. The van der Waals surface area contributed by atoms with Crippen LogP contribution in [0.2, 0.25) is 0 Å². The maximum Gasteiger partial charge on any atom is 0.495 e. The van der Waals surface area contributed by atoms with Gasteiger partial charge in [0.05, 0.1) is 0 Å². The highest BCUT2D eigenvalue weighted by Gasteiger charge is 2.63. The highest BCUT2D eigenvalue weighted by Crippen LogP contribution is 2.75. The van der Waals surface area contributed by atoms with Gasteiger partial charge in [0.1, 0.15) is 44.5 Å². The minimum absolute atomic E-state index is 0.436. The van der Waals surface area contributed by atoms with Gasteiger partial charge in [-0.2, -0.15) is 0 Å². The Morgan fingerprint density at radius 1 is 0.295 bits per heavy atom. The zero-order valence-electron chi connectivity index (χ0n) is 43.0. The molecular weight excluding hydrogens is 859 g/mol. The van der Waals surface area contributed by atoms with E-state index in [1.165, 1.54) is 21.8 Å². The van der Waals surface area contributed by atoms with Crippen LogP contribution in [0.15, 0.2) is 19.1 Å². The average Bonchev–Trinajstić information content (AvgIpc) is 3.90. The molecule has 21 heteroatoms. The van der Waals surface area contributed by atoms with Gasteiger partial charge in [-0.25, -0.2) is 0 Å². The summed E-state index contributed by atoms with van der Waals surface area (Å²) in [7, 11) is 46.9. The number of nitrogens with zero attached hydrogens (tertiary/aromatic N) is 16. The molecule has 0 aromatic heterocycles. The van der Waals surface area contributed by atoms with Gasteiger partial charge in [-0.05, 0) is 219 Å². The van der Waals surface area contributed by atoms with Gasteiger partial charge in [0, 0.05) is 32.3 Å². The molecule has 0 spiro atoms. The lowest BCUT2D eigenvalue weighted by atomic mass is 10.1. The Hall–Kier alpha value is 0.350. The first-order chi connectivity index (χ1) is 28.1. The monoisotopic (exact) mass is 948 g/mol. The summed E-state index contributed by atoms with van der Waals surface area (Å²) in [5.74, 6) is 0. The molecule has 4 aliphatic heterocycles. The van der Waals surface area contributed by atoms with E-state index in [-0.39, 0.29) is 0 Å². The molecule has 4 heterocycles. The van der Waals surface area contributed by atoms with Crippen molar-refractivity contribution in [1.29, 1.82) is 0 Å². The van der Waals surface area contributed by atoms with E-state index in [9.17, 15) is 0 Å². The van der Waals surface area contributed by atoms with Gasteiger partial charge in [0.25, 0.3) is 0 Å². The fourth-order valence-corrected chi connectivity index (χ4v) is 25.2. The summed E-state index contributed by atoms with van der Waals surface area (Å²) in [4.78, 5) is 19.3. The molecule has 4 atom stereocenters. The Morgan fingerprint density at radius 2 is 0.443 bits per heavy atom. The quantitative estimate of drug-likeness (QED) is 0.155. The van der Waals surface area contributed by atoms with Gasteiger partial charge in [0.15, 0.2) is 0 Å². The molecule has 4 saturated heterocycles. The van der Waals surface area contributed by atoms with Gasteiger partial charge >= 0.3 is 7.87 Å². The summed E-state index contributed by atoms with van der Waals surface area (Å²) in [5, 5.41) is 0. The maximum atomic E-state index is 6.46. The molecule has 0 saturated carbocycles. The van der Waals surface area contributed by atoms with E-state index in [0.717, 1.165) is 50.3 Å². The molecule has 0 amide bonds. The van der Waals surface area contributed by atoms with Crippen molar-refractivity contribution >= 4 is 62.0 Å². The molecule has 0 aromatic carbocycles. The van der Waals surface area contributed by atoms with Crippen molar-refractivity contribution in [3.8, 4) is 0 Å². The fourth-order valence-electron chi connectivity index (χ4n) is 10.5. The Labute approximate surface area is 379 Å². The van der Waals surface area contributed by atoms with Crippen molar-refractivity contribution in [2.75, 3.05) is 194 Å². The van der Waals surface area contributed by atoms with Crippen molar-refractivity contribution in [2.45, 2.75) is 48.3 Å². The smallest absolute Gasteiger partial charge is 0.286 e. The highest BCUT2D eigenvalue weighted by molar-refractivity contribution is 7.82. The topological polar surface area (TPSA) is 88.3 Å². The van der Waals surface area contributed by atoms with Crippen LogP contribution in [-0.2, 0) is 0 Å². The number of hydrogen-bond acceptors (Lipinski definition) is 16. The Bertz CT molecular complexity index is 1370. The van der Waals surface area contributed by atoms with Crippen LogP contribution in [0, 0.1) is 0 Å². The molecule has 0 N–H and O–H groups in total. The van der Waals surface area contributed by atoms with Crippen LogP contribution in [0.3, 0.4) is 0 Å². The molecule has 4 fully saturated rings. The SMILES string of the molecule is CN(C)P1CCC(N(C)C)(N(C)C)C1=N[P+](N=C1P(N(C)C)CCC1(N(C)C)N(C)C)(N=C1P(N(C)C)CCC1(N(C)C)N(C)C)N=C1P(N(C)C)CCC1(N(C)C)N(C)C. The minimum Gasteiger partial charge on any atom is -0.286 e. The third-order valence-corrected chi connectivity index (χ3v) is 26.6. The largest absolute Gasteiger partial charge is 0.495 e. The second-order valence-corrected chi connectivity index (χ2v) is 31.3. The van der Waals surface area contributed by atoms with Crippen molar-refractivity contribution in [1.82, 2.24) is 57.9 Å². The van der Waals surface area contributed by atoms with Crippen LogP contribution in [-0.4, -0.2) is 296 Å². The van der Waals surface area contributed by atoms with E-state index >= 15 is 0 Å². The molecule has 0 radical (unpaired) electrons. The molecular formula is C40H88N16P5+. The van der Waals surface area contributed by atoms with Crippen LogP contribution in [0.1, 0.15) is 25.7 Å². The normalized spacial score (nSPS) is 30.4. The predicted molar refractivity (Wildman–Crippen MR) is 277 cm³/mol. The summed E-state index contributed by atoms with van der Waals surface area (Å²) in [5.41, 5.74) is 2.98. The van der Waals surface area contributed by atoms with Crippen LogP contribution >= 0.6 is 40.2 Å². The van der Waals surface area contributed by atoms with Crippen molar-refractivity contribution < 1.29 is 0 Å². The standard InChI is InChI=1S/C40H88N16P5/c1-45(2)37(46(3)4)25-29-57(53(17)18)33(37)41-61(42-34-38(47(5)6,48(7)8)26-30-58(34)54(19)20,43-35-39(49(9)10,50(11)12)27-31-59(35)55(21)22)44-36-40(51(13)14,52(15)16)28-32-60(36)56(23)24/h25-32H2,1-24H3/q+1. The maximum absolute atomic E-state index is 6.46. The van der Waals surface area contributed by atoms with Gasteiger partial charge in [-0.3, -0.25) is 57.9 Å². The lowest BCUT2D eigenvalue weighted by Crippen LogP contribution is -2.59. The summed E-state index contributed by atoms with van der Waals surface area (Å²) in [6.07, 6.45) is 8.04. The second kappa shape index (κ2) is 20.3. The summed E-state index contributed by atoms with van der Waals surface area (Å²) >= 11 is 0. The lowest BCUT2D eigenvalue weighted by molar-refractivity contribution is 0.0730. The molecule has 352 valence electrons. The molecule has 61 heavy (non-hydrogen) atoms. The first-order valence-corrected chi connectivity index (χ1v) is 29.1. The molecule has 4 rings (SSSR count). The van der Waals surface area contributed by atoms with E-state index in [4.69, 9.17) is 19.1 Å². The van der Waals surface area contributed by atoms with E-state index < -0.39 is 62.8 Å². The van der Waals surface area contributed by atoms with Crippen molar-refractivity contribution in [3.05, 3.63) is 0 Å². The average molecular weight is 948 g/mol. The van der Waals surface area contributed by atoms with E-state index in [1.807, 2.05) is 0 Å². The molecule has 4 unspecified atom stereocenters. The summed E-state index contributed by atoms with van der Waals surface area (Å²) in [6.45, 7) is 0. The van der Waals surface area contributed by atoms with Gasteiger partial charge in [0.2, 0.25) is 0 Å². The third-order valence-electron chi connectivity index (χ3n) is 13.9. The van der Waals surface area contributed by atoms with Crippen molar-refractivity contribution in [2.24, 2.45) is 19.1 Å². The molecule has 16 nitrogen and oxygen atoms in total. The minimum atomic E-state index is -3.54. The number of hydrogen-bond donors (Lipinski definition) is 0. The van der Waals surface area contributed by atoms with Gasteiger partial charge < -0.3 is 0 Å². The van der Waals surface area contributed by atoms with Gasteiger partial charge in [-0.15, -0.1) is 0 Å². The molecule has 0 aliphatic carbocycles. The van der Waals surface area contributed by atoms with E-state index in [2.05, 4.69) is 227 Å². The molecule has 0 bridgehead atoms. The first-order valence-electron chi connectivity index (χ1n) is 21.6. The first kappa shape index (κ1) is 54.0. The Kier molecular flexibility index (Phi) is 18.0. The molecule has 0 aromatic rings. The van der Waals surface area contributed by atoms with Crippen LogP contribution in [0.4, 0.5) is 0 Å². The van der Waals surface area contributed by atoms with E-state index in [0.29, 0.717) is 0 Å². The van der Waals surface area contributed by atoms with Crippen molar-refractivity contribution in [3.63, 3.8) is 0 Å². The number of rotatable bonds is 16. The zero-order valence-corrected chi connectivity index (χ0v) is 47.5. The van der Waals surface area contributed by atoms with E-state index in [1.54, 1.807) is 0 Å². The summed E-state index contributed by atoms with van der Waals surface area (Å²) in [6, 6.07) is 0. The fraction of sp³-hybridized carbons (Fsp3) is 0.900. The summed E-state index contributed by atoms with van der Waals surface area (Å²) < 4.78 is 35.6. The molecule has 4 aliphatic rings. The lowest BCUT2D eigenvalue weighted by Gasteiger charge is -2.44. The zero-order chi connectivity index (χ0) is 46.5. The highest BCUT2D eigenvalue weighted by atomic mass is 31.2. The Balaban J connectivity index is 2.53. The Morgan fingerprint density at radius 3 is 0.557 bits per heavy atom. The van der Waals surface area contributed by atoms with Crippen LogP contribution in [0.25, 0.3) is 0 Å².